The van der Waals surface area contributed by atoms with Gasteiger partial charge in [-0.25, -0.2) is 0 Å². The van der Waals surface area contributed by atoms with Gasteiger partial charge in [-0.15, -0.1) is 0 Å². The summed E-state index contributed by atoms with van der Waals surface area (Å²) in [6, 6.07) is 5.32. The van der Waals surface area contributed by atoms with Gasteiger partial charge < -0.3 is 9.64 Å². The number of amides is 1. The molecule has 0 heterocycles. The SMILES string of the molecule is COCCN(C(=O)c1ccc(Cl)c(Br)c1)C(C)C. The average molecular weight is 335 g/mol. The van der Waals surface area contributed by atoms with E-state index in [-0.39, 0.29) is 11.9 Å². The van der Waals surface area contributed by atoms with Gasteiger partial charge in [0.1, 0.15) is 0 Å². The fourth-order valence-corrected chi connectivity index (χ4v) is 2.08. The molecule has 0 aliphatic heterocycles. The van der Waals surface area contributed by atoms with Crippen LogP contribution in [0.15, 0.2) is 22.7 Å². The highest BCUT2D eigenvalue weighted by Gasteiger charge is 2.18. The van der Waals surface area contributed by atoms with Crippen molar-refractivity contribution in [3.63, 3.8) is 0 Å². The van der Waals surface area contributed by atoms with E-state index in [4.69, 9.17) is 16.3 Å². The molecule has 0 aromatic heterocycles. The number of methoxy groups -OCH3 is 1. The summed E-state index contributed by atoms with van der Waals surface area (Å²) in [5.41, 5.74) is 0.621. The Hall–Kier alpha value is -0.580. The van der Waals surface area contributed by atoms with Gasteiger partial charge in [0.15, 0.2) is 0 Å². The third-order valence-corrected chi connectivity index (χ3v) is 3.80. The van der Waals surface area contributed by atoms with Crippen LogP contribution in [0.4, 0.5) is 0 Å². The first kappa shape index (κ1) is 15.5. The molecule has 1 aromatic rings. The Morgan fingerprint density at radius 1 is 1.50 bits per heavy atom. The minimum atomic E-state index is -0.0144. The van der Waals surface area contributed by atoms with Gasteiger partial charge in [-0.05, 0) is 48.0 Å². The molecule has 0 fully saturated rings. The number of hydrogen-bond donors (Lipinski definition) is 0. The molecule has 0 spiro atoms. The second-order valence-corrected chi connectivity index (χ2v) is 5.48. The van der Waals surface area contributed by atoms with E-state index in [0.717, 1.165) is 4.47 Å². The molecule has 0 unspecified atom stereocenters. The first-order valence-electron chi connectivity index (χ1n) is 5.72. The van der Waals surface area contributed by atoms with Crippen molar-refractivity contribution in [1.82, 2.24) is 4.90 Å². The predicted octanol–water partition coefficient (Wildman–Crippen LogP) is 3.60. The van der Waals surface area contributed by atoms with Gasteiger partial charge >= 0.3 is 0 Å². The van der Waals surface area contributed by atoms with Crippen molar-refractivity contribution in [1.29, 1.82) is 0 Å². The first-order valence-corrected chi connectivity index (χ1v) is 6.89. The summed E-state index contributed by atoms with van der Waals surface area (Å²) in [4.78, 5) is 14.1. The van der Waals surface area contributed by atoms with Crippen LogP contribution in [0.3, 0.4) is 0 Å². The Balaban J connectivity index is 2.91. The van der Waals surface area contributed by atoms with Crippen LogP contribution in [-0.4, -0.2) is 37.1 Å². The fraction of sp³-hybridized carbons (Fsp3) is 0.462. The second-order valence-electron chi connectivity index (χ2n) is 4.21. The minimum absolute atomic E-state index is 0.0144. The number of ether oxygens (including phenoxy) is 1. The molecule has 3 nitrogen and oxygen atoms in total. The van der Waals surface area contributed by atoms with Crippen molar-refractivity contribution < 1.29 is 9.53 Å². The zero-order valence-electron chi connectivity index (χ0n) is 10.7. The third kappa shape index (κ3) is 3.97. The quantitative estimate of drug-likeness (QED) is 0.823. The van der Waals surface area contributed by atoms with E-state index < -0.39 is 0 Å². The maximum Gasteiger partial charge on any atom is 0.254 e. The highest BCUT2D eigenvalue weighted by Crippen LogP contribution is 2.24. The zero-order chi connectivity index (χ0) is 13.7. The minimum Gasteiger partial charge on any atom is -0.383 e. The van der Waals surface area contributed by atoms with Crippen LogP contribution in [0.5, 0.6) is 0 Å². The van der Waals surface area contributed by atoms with Crippen LogP contribution >= 0.6 is 27.5 Å². The van der Waals surface area contributed by atoms with Gasteiger partial charge in [0.25, 0.3) is 5.91 Å². The summed E-state index contributed by atoms with van der Waals surface area (Å²) in [5, 5.41) is 0.597. The van der Waals surface area contributed by atoms with Gasteiger partial charge in [-0.1, -0.05) is 11.6 Å². The topological polar surface area (TPSA) is 29.5 Å². The van der Waals surface area contributed by atoms with Crippen molar-refractivity contribution in [2.24, 2.45) is 0 Å². The van der Waals surface area contributed by atoms with Crippen LogP contribution in [0.1, 0.15) is 24.2 Å². The third-order valence-electron chi connectivity index (χ3n) is 2.59. The van der Waals surface area contributed by atoms with Crippen molar-refractivity contribution in [2.75, 3.05) is 20.3 Å². The molecule has 0 bridgehead atoms. The molecule has 0 saturated carbocycles. The lowest BCUT2D eigenvalue weighted by Crippen LogP contribution is -2.39. The number of carbonyl (C=O) groups is 1. The number of hydrogen-bond acceptors (Lipinski definition) is 2. The lowest BCUT2D eigenvalue weighted by atomic mass is 10.1. The van der Waals surface area contributed by atoms with Gasteiger partial charge in [-0.2, -0.15) is 0 Å². The zero-order valence-corrected chi connectivity index (χ0v) is 13.1. The van der Waals surface area contributed by atoms with Crippen molar-refractivity contribution in [3.05, 3.63) is 33.3 Å². The summed E-state index contributed by atoms with van der Waals surface area (Å²) in [6.07, 6.45) is 0. The Bertz CT molecular complexity index is 423. The number of carbonyl (C=O) groups excluding carboxylic acids is 1. The Labute approximate surface area is 121 Å². The molecule has 0 radical (unpaired) electrons. The van der Waals surface area contributed by atoms with Crippen molar-refractivity contribution in [2.45, 2.75) is 19.9 Å². The molecular weight excluding hydrogens is 318 g/mol. The highest BCUT2D eigenvalue weighted by atomic mass is 79.9. The van der Waals surface area contributed by atoms with E-state index in [0.29, 0.717) is 23.7 Å². The Kier molecular flexibility index (Phi) is 6.12. The Morgan fingerprint density at radius 3 is 2.67 bits per heavy atom. The molecule has 0 atom stereocenters. The molecule has 100 valence electrons. The van der Waals surface area contributed by atoms with E-state index >= 15 is 0 Å². The largest absolute Gasteiger partial charge is 0.383 e. The van der Waals surface area contributed by atoms with Gasteiger partial charge in [0.2, 0.25) is 0 Å². The van der Waals surface area contributed by atoms with Crippen LogP contribution in [0.25, 0.3) is 0 Å². The highest BCUT2D eigenvalue weighted by molar-refractivity contribution is 9.10. The number of benzene rings is 1. The summed E-state index contributed by atoms with van der Waals surface area (Å²) in [5.74, 6) is -0.0144. The maximum atomic E-state index is 12.4. The standard InChI is InChI=1S/C13H17BrClNO2/c1-9(2)16(6-7-18-3)13(17)10-4-5-12(15)11(14)8-10/h4-5,8-9H,6-7H2,1-3H3. The lowest BCUT2D eigenvalue weighted by Gasteiger charge is -2.26. The summed E-state index contributed by atoms with van der Waals surface area (Å²) in [7, 11) is 1.63. The molecule has 0 aliphatic rings. The molecular formula is C13H17BrClNO2. The van der Waals surface area contributed by atoms with E-state index in [1.165, 1.54) is 0 Å². The van der Waals surface area contributed by atoms with E-state index in [2.05, 4.69) is 15.9 Å². The van der Waals surface area contributed by atoms with E-state index in [9.17, 15) is 4.79 Å². The smallest absolute Gasteiger partial charge is 0.254 e. The molecule has 5 heteroatoms. The van der Waals surface area contributed by atoms with E-state index in [1.54, 1.807) is 30.2 Å². The Morgan fingerprint density at radius 2 is 2.17 bits per heavy atom. The fourth-order valence-electron chi connectivity index (χ4n) is 1.58. The van der Waals surface area contributed by atoms with Gasteiger partial charge in [0, 0.05) is 29.7 Å². The molecule has 1 aromatic carbocycles. The lowest BCUT2D eigenvalue weighted by molar-refractivity contribution is 0.0635. The number of halogens is 2. The average Bonchev–Trinajstić information content (AvgIpc) is 2.32. The summed E-state index contributed by atoms with van der Waals surface area (Å²) < 4.78 is 5.75. The monoisotopic (exact) mass is 333 g/mol. The summed E-state index contributed by atoms with van der Waals surface area (Å²) in [6.45, 7) is 5.07. The van der Waals surface area contributed by atoms with Gasteiger partial charge in [0.05, 0.1) is 11.6 Å². The second kappa shape index (κ2) is 7.12. The number of nitrogens with zero attached hydrogens (tertiary/aromatic N) is 1. The molecule has 1 rings (SSSR count). The van der Waals surface area contributed by atoms with Crippen LogP contribution in [0, 0.1) is 0 Å². The molecule has 0 aliphatic carbocycles. The van der Waals surface area contributed by atoms with Crippen LogP contribution < -0.4 is 0 Å². The number of rotatable bonds is 5. The first-order chi connectivity index (χ1) is 8.47. The molecule has 1 amide bonds. The maximum absolute atomic E-state index is 12.4. The normalized spacial score (nSPS) is 10.8. The van der Waals surface area contributed by atoms with Crippen molar-refractivity contribution in [3.8, 4) is 0 Å². The van der Waals surface area contributed by atoms with Crippen LogP contribution in [-0.2, 0) is 4.74 Å². The van der Waals surface area contributed by atoms with Gasteiger partial charge in [-0.3, -0.25) is 4.79 Å². The molecule has 0 N–H and O–H groups in total. The van der Waals surface area contributed by atoms with Crippen LogP contribution in [0.2, 0.25) is 5.02 Å². The van der Waals surface area contributed by atoms with E-state index in [1.807, 2.05) is 13.8 Å². The molecule has 0 saturated heterocycles. The molecule has 18 heavy (non-hydrogen) atoms. The summed E-state index contributed by atoms with van der Waals surface area (Å²) >= 11 is 9.25. The van der Waals surface area contributed by atoms with Crippen molar-refractivity contribution >= 4 is 33.4 Å². The predicted molar refractivity (Wildman–Crippen MR) is 77.2 cm³/mol.